The Morgan fingerprint density at radius 3 is 2.55 bits per heavy atom. The molecule has 0 bridgehead atoms. The highest BCUT2D eigenvalue weighted by Gasteiger charge is 2.40. The third-order valence-corrected chi connectivity index (χ3v) is 2.85. The number of nitrogens with one attached hydrogen (secondary N) is 1. The van der Waals surface area contributed by atoms with Crippen LogP contribution in [0, 0.1) is 0 Å². The number of halogens is 3. The number of rotatable bonds is 0. The number of hydrogen-bond donors (Lipinski definition) is 1. The summed E-state index contributed by atoms with van der Waals surface area (Å²) in [6.07, 6.45) is -4.84. The van der Waals surface area contributed by atoms with E-state index in [1.165, 1.54) is 4.90 Å². The molecule has 112 valence electrons. The van der Waals surface area contributed by atoms with Gasteiger partial charge in [-0.3, -0.25) is 5.10 Å². The van der Waals surface area contributed by atoms with Gasteiger partial charge >= 0.3 is 12.3 Å². The Hall–Kier alpha value is -1.73. The van der Waals surface area contributed by atoms with Crippen LogP contribution in [0.3, 0.4) is 0 Å². The minimum absolute atomic E-state index is 0.0228. The van der Waals surface area contributed by atoms with Crippen molar-refractivity contribution in [1.29, 1.82) is 0 Å². The van der Waals surface area contributed by atoms with Crippen molar-refractivity contribution in [3.05, 3.63) is 17.0 Å². The van der Waals surface area contributed by atoms with Gasteiger partial charge in [0.25, 0.3) is 0 Å². The summed E-state index contributed by atoms with van der Waals surface area (Å²) in [5.74, 6) is 0. The van der Waals surface area contributed by atoms with Gasteiger partial charge < -0.3 is 9.64 Å². The Bertz CT molecular complexity index is 517. The standard InChI is InChI=1S/C12H16F3N3O2/c1-11(2,3)20-10(19)18-5-4-8-7(6-18)9(17-16-8)12(13,14)15/h4-6H2,1-3H3,(H,16,17). The van der Waals surface area contributed by atoms with Crippen molar-refractivity contribution in [1.82, 2.24) is 15.1 Å². The van der Waals surface area contributed by atoms with Crippen molar-refractivity contribution < 1.29 is 22.7 Å². The summed E-state index contributed by atoms with van der Waals surface area (Å²) in [6, 6.07) is 0. The zero-order valence-corrected chi connectivity index (χ0v) is 11.5. The molecule has 1 aromatic rings. The zero-order valence-electron chi connectivity index (χ0n) is 11.5. The number of carbonyl (C=O) groups is 1. The van der Waals surface area contributed by atoms with E-state index in [9.17, 15) is 18.0 Å². The second-order valence-corrected chi connectivity index (χ2v) is 5.68. The number of fused-ring (bicyclic) bond motifs is 1. The number of carbonyl (C=O) groups excluding carboxylic acids is 1. The molecule has 0 saturated heterocycles. The lowest BCUT2D eigenvalue weighted by atomic mass is 10.1. The van der Waals surface area contributed by atoms with Crippen molar-refractivity contribution in [2.75, 3.05) is 6.54 Å². The van der Waals surface area contributed by atoms with Gasteiger partial charge in [-0.2, -0.15) is 18.3 Å². The molecule has 5 nitrogen and oxygen atoms in total. The van der Waals surface area contributed by atoms with E-state index in [2.05, 4.69) is 10.2 Å². The maximum atomic E-state index is 12.8. The van der Waals surface area contributed by atoms with E-state index in [0.717, 1.165) is 0 Å². The third-order valence-electron chi connectivity index (χ3n) is 2.85. The lowest BCUT2D eigenvalue weighted by molar-refractivity contribution is -0.142. The Balaban J connectivity index is 2.18. The fourth-order valence-corrected chi connectivity index (χ4v) is 2.01. The van der Waals surface area contributed by atoms with E-state index in [0.29, 0.717) is 18.7 Å². The molecule has 0 aromatic carbocycles. The molecule has 0 spiro atoms. The molecule has 8 heteroatoms. The molecule has 0 unspecified atom stereocenters. The molecule has 20 heavy (non-hydrogen) atoms. The molecule has 2 rings (SSSR count). The summed E-state index contributed by atoms with van der Waals surface area (Å²) < 4.78 is 43.5. The summed E-state index contributed by atoms with van der Waals surface area (Å²) in [5, 5.41) is 5.70. The van der Waals surface area contributed by atoms with Crippen LogP contribution in [0.5, 0.6) is 0 Å². The first kappa shape index (κ1) is 14.7. The summed E-state index contributed by atoms with van der Waals surface area (Å²) in [5.41, 5.74) is -1.19. The highest BCUT2D eigenvalue weighted by molar-refractivity contribution is 5.68. The molecule has 0 fully saturated rings. The van der Waals surface area contributed by atoms with Crippen molar-refractivity contribution in [2.45, 2.75) is 45.5 Å². The fourth-order valence-electron chi connectivity index (χ4n) is 2.01. The average Bonchev–Trinajstić information content (AvgIpc) is 2.68. The Morgan fingerprint density at radius 1 is 1.35 bits per heavy atom. The van der Waals surface area contributed by atoms with Gasteiger partial charge in [0.15, 0.2) is 5.69 Å². The van der Waals surface area contributed by atoms with Gasteiger partial charge in [0.2, 0.25) is 0 Å². The molecular formula is C12H16F3N3O2. The predicted molar refractivity (Wildman–Crippen MR) is 63.9 cm³/mol. The van der Waals surface area contributed by atoms with Crippen LogP contribution in [0.4, 0.5) is 18.0 Å². The quantitative estimate of drug-likeness (QED) is 0.799. The van der Waals surface area contributed by atoms with Gasteiger partial charge in [-0.25, -0.2) is 4.79 Å². The summed E-state index contributed by atoms with van der Waals surface area (Å²) in [6.45, 7) is 5.29. The third kappa shape index (κ3) is 3.05. The Kier molecular flexibility index (Phi) is 3.43. The van der Waals surface area contributed by atoms with Crippen molar-refractivity contribution >= 4 is 6.09 Å². The lowest BCUT2D eigenvalue weighted by Crippen LogP contribution is -2.40. The minimum atomic E-state index is -4.53. The Morgan fingerprint density at radius 2 is 2.00 bits per heavy atom. The van der Waals surface area contributed by atoms with Crippen LogP contribution in [0.15, 0.2) is 0 Å². The van der Waals surface area contributed by atoms with Crippen LogP contribution in [-0.4, -0.2) is 33.3 Å². The summed E-state index contributed by atoms with van der Waals surface area (Å²) >= 11 is 0. The number of H-pyrrole nitrogens is 1. The van der Waals surface area contributed by atoms with Crippen LogP contribution in [0.2, 0.25) is 0 Å². The normalized spacial score (nSPS) is 16.0. The maximum absolute atomic E-state index is 12.8. The first-order chi connectivity index (χ1) is 9.08. The minimum Gasteiger partial charge on any atom is -0.444 e. The van der Waals surface area contributed by atoms with Crippen LogP contribution >= 0.6 is 0 Å². The topological polar surface area (TPSA) is 58.2 Å². The van der Waals surface area contributed by atoms with Crippen molar-refractivity contribution in [3.63, 3.8) is 0 Å². The molecule has 1 amide bonds. The molecule has 1 aliphatic rings. The van der Waals surface area contributed by atoms with E-state index in [1.54, 1.807) is 20.8 Å². The van der Waals surface area contributed by atoms with E-state index >= 15 is 0 Å². The highest BCUT2D eigenvalue weighted by atomic mass is 19.4. The smallest absolute Gasteiger partial charge is 0.435 e. The number of ether oxygens (including phenoxy) is 1. The number of aromatic nitrogens is 2. The molecule has 0 aliphatic carbocycles. The predicted octanol–water partition coefficient (Wildman–Crippen LogP) is 2.72. The van der Waals surface area contributed by atoms with Crippen LogP contribution in [0.25, 0.3) is 0 Å². The number of aromatic amines is 1. The van der Waals surface area contributed by atoms with Crippen molar-refractivity contribution in [2.24, 2.45) is 0 Å². The number of amides is 1. The molecule has 0 saturated carbocycles. The van der Waals surface area contributed by atoms with E-state index in [1.807, 2.05) is 0 Å². The van der Waals surface area contributed by atoms with E-state index in [4.69, 9.17) is 4.74 Å². The van der Waals surface area contributed by atoms with Gasteiger partial charge in [0, 0.05) is 24.2 Å². The van der Waals surface area contributed by atoms with E-state index in [-0.39, 0.29) is 12.1 Å². The highest BCUT2D eigenvalue weighted by Crippen LogP contribution is 2.34. The second-order valence-electron chi connectivity index (χ2n) is 5.68. The first-order valence-corrected chi connectivity index (χ1v) is 6.19. The van der Waals surface area contributed by atoms with Crippen molar-refractivity contribution in [3.8, 4) is 0 Å². The molecule has 1 N–H and O–H groups in total. The summed E-state index contributed by atoms with van der Waals surface area (Å²) in [4.78, 5) is 13.2. The number of alkyl halides is 3. The van der Waals surface area contributed by atoms with Crippen LogP contribution < -0.4 is 0 Å². The van der Waals surface area contributed by atoms with Gasteiger partial charge in [0.1, 0.15) is 5.60 Å². The fraction of sp³-hybridized carbons (Fsp3) is 0.667. The molecule has 0 radical (unpaired) electrons. The summed E-state index contributed by atoms with van der Waals surface area (Å²) in [7, 11) is 0. The molecule has 1 aliphatic heterocycles. The SMILES string of the molecule is CC(C)(C)OC(=O)N1CCc2[nH]nc(C(F)(F)F)c2C1. The van der Waals surface area contributed by atoms with Crippen LogP contribution in [-0.2, 0) is 23.9 Å². The number of nitrogens with zero attached hydrogens (tertiary/aromatic N) is 2. The molecule has 0 atom stereocenters. The Labute approximate surface area is 114 Å². The van der Waals surface area contributed by atoms with E-state index < -0.39 is 23.6 Å². The van der Waals surface area contributed by atoms with Gasteiger partial charge in [-0.15, -0.1) is 0 Å². The maximum Gasteiger partial charge on any atom is 0.435 e. The van der Waals surface area contributed by atoms with Gasteiger partial charge in [-0.1, -0.05) is 0 Å². The number of hydrogen-bond acceptors (Lipinski definition) is 3. The molecule has 2 heterocycles. The first-order valence-electron chi connectivity index (χ1n) is 6.19. The average molecular weight is 291 g/mol. The molecule has 1 aromatic heterocycles. The molecular weight excluding hydrogens is 275 g/mol. The van der Waals surface area contributed by atoms with Gasteiger partial charge in [-0.05, 0) is 20.8 Å². The second kappa shape index (κ2) is 4.68. The largest absolute Gasteiger partial charge is 0.444 e. The monoisotopic (exact) mass is 291 g/mol. The zero-order chi connectivity index (χ0) is 15.1. The van der Waals surface area contributed by atoms with Crippen LogP contribution in [0.1, 0.15) is 37.7 Å². The van der Waals surface area contributed by atoms with Gasteiger partial charge in [0.05, 0.1) is 6.54 Å². The lowest BCUT2D eigenvalue weighted by Gasteiger charge is -2.30.